The number of carboxylic acid groups (broad SMARTS) is 1. The maximum atomic E-state index is 10.0. The van der Waals surface area contributed by atoms with Crippen molar-refractivity contribution in [3.8, 4) is 0 Å². The van der Waals surface area contributed by atoms with Gasteiger partial charge >= 0.3 is 61.2 Å². The van der Waals surface area contributed by atoms with Crippen molar-refractivity contribution in [2.45, 2.75) is 23.1 Å². The van der Waals surface area contributed by atoms with Gasteiger partial charge in [-0.15, -0.1) is 0 Å². The molecule has 2 nitrogen and oxygen atoms in total. The van der Waals surface area contributed by atoms with Gasteiger partial charge in [0.2, 0.25) is 0 Å². The first-order chi connectivity index (χ1) is 3.92. The summed E-state index contributed by atoms with van der Waals surface area (Å²) >= 11 is -1.81. The van der Waals surface area contributed by atoms with Crippen molar-refractivity contribution in [2.24, 2.45) is 0 Å². The van der Waals surface area contributed by atoms with E-state index in [-0.39, 0.29) is 6.42 Å². The van der Waals surface area contributed by atoms with Crippen LogP contribution in [0, 0.1) is 0 Å². The molecule has 0 aliphatic rings. The molecule has 0 rings (SSSR count). The molecule has 0 bridgehead atoms. The Morgan fingerprint density at radius 1 is 1.67 bits per heavy atom. The summed E-state index contributed by atoms with van der Waals surface area (Å²) in [6.45, 7) is 0. The van der Waals surface area contributed by atoms with E-state index in [0.717, 1.165) is 5.21 Å². The molecular formula is C5H11AsO2S. The molecule has 0 aliphatic carbocycles. The van der Waals surface area contributed by atoms with Crippen molar-refractivity contribution >= 4 is 28.2 Å². The van der Waals surface area contributed by atoms with Crippen molar-refractivity contribution in [1.82, 2.24) is 0 Å². The first-order valence-electron chi connectivity index (χ1n) is 2.67. The third kappa shape index (κ3) is 8.25. The molecule has 0 aromatic rings. The summed E-state index contributed by atoms with van der Waals surface area (Å²) in [5.41, 5.74) is 4.05. The number of rotatable bonds is 3. The van der Waals surface area contributed by atoms with Crippen LogP contribution in [0.2, 0.25) is 16.6 Å². The fourth-order valence-electron chi connectivity index (χ4n) is 0.365. The Morgan fingerprint density at radius 3 is 2.22 bits per heavy atom. The van der Waals surface area contributed by atoms with Crippen molar-refractivity contribution in [3.05, 3.63) is 0 Å². The molecule has 0 aliphatic heterocycles. The Hall–Kier alpha value is 0.248. The molecule has 54 valence electrons. The van der Waals surface area contributed by atoms with Crippen LogP contribution in [0.15, 0.2) is 0 Å². The topological polar surface area (TPSA) is 37.3 Å². The number of aliphatic carboxylic acids is 1. The van der Waals surface area contributed by atoms with Gasteiger partial charge in [0.05, 0.1) is 0 Å². The summed E-state index contributed by atoms with van der Waals surface area (Å²) in [7, 11) is 5.11. The van der Waals surface area contributed by atoms with Crippen LogP contribution in [0.3, 0.4) is 0 Å². The zero-order chi connectivity index (χ0) is 7.49. The van der Waals surface area contributed by atoms with E-state index in [1.54, 1.807) is 0 Å². The second-order valence-electron chi connectivity index (χ2n) is 2.44. The van der Waals surface area contributed by atoms with Crippen molar-refractivity contribution in [2.75, 3.05) is 0 Å². The van der Waals surface area contributed by atoms with E-state index in [2.05, 4.69) is 0 Å². The van der Waals surface area contributed by atoms with Crippen LogP contribution in [-0.4, -0.2) is 23.0 Å². The van der Waals surface area contributed by atoms with Crippen LogP contribution >= 0.6 is 10.4 Å². The Bertz CT molecular complexity index is 149. The van der Waals surface area contributed by atoms with Crippen LogP contribution in [0.4, 0.5) is 0 Å². The Morgan fingerprint density at radius 2 is 2.11 bits per heavy atom. The first-order valence-corrected chi connectivity index (χ1v) is 10.4. The van der Waals surface area contributed by atoms with Crippen LogP contribution in [0.25, 0.3) is 0 Å². The Kier molecular flexibility index (Phi) is 3.52. The van der Waals surface area contributed by atoms with Crippen LogP contribution < -0.4 is 0 Å². The second-order valence-corrected chi connectivity index (χ2v) is 15.1. The van der Waals surface area contributed by atoms with Crippen molar-refractivity contribution < 1.29 is 9.90 Å². The zero-order valence-corrected chi connectivity index (χ0v) is 8.32. The maximum absolute atomic E-state index is 10.0. The standard InChI is InChI=1S/C5H11AsO2S/c1-6(2,9)4-3-5(7)8/h3-4H2,1-2H3,(H,7,8). The van der Waals surface area contributed by atoms with E-state index in [1.807, 2.05) is 11.4 Å². The van der Waals surface area contributed by atoms with E-state index in [1.165, 1.54) is 0 Å². The quantitative estimate of drug-likeness (QED) is 0.722. The molecule has 0 heterocycles. The van der Waals surface area contributed by atoms with Gasteiger partial charge in [-0.1, -0.05) is 0 Å². The number of hydrogen-bond acceptors (Lipinski definition) is 2. The van der Waals surface area contributed by atoms with Gasteiger partial charge in [0.1, 0.15) is 0 Å². The van der Waals surface area contributed by atoms with Gasteiger partial charge < -0.3 is 0 Å². The second kappa shape index (κ2) is 3.43. The summed E-state index contributed by atoms with van der Waals surface area (Å²) < 4.78 is 0. The predicted molar refractivity (Wildman–Crippen MR) is 42.1 cm³/mol. The number of carboxylic acids is 1. The summed E-state index contributed by atoms with van der Waals surface area (Å²) in [5, 5.41) is 9.00. The third-order valence-electron chi connectivity index (χ3n) is 0.864. The van der Waals surface area contributed by atoms with E-state index < -0.39 is 17.8 Å². The first kappa shape index (κ1) is 9.25. The van der Waals surface area contributed by atoms with Gasteiger partial charge in [-0.2, -0.15) is 0 Å². The molecule has 0 aromatic heterocycles. The fourth-order valence-corrected chi connectivity index (χ4v) is 2.37. The van der Waals surface area contributed by atoms with Gasteiger partial charge in [-0.05, 0) is 0 Å². The summed E-state index contributed by atoms with van der Waals surface area (Å²) in [6, 6.07) is 0. The molecule has 1 N–H and O–H groups in total. The molecule has 0 radical (unpaired) electrons. The van der Waals surface area contributed by atoms with Crippen LogP contribution in [0.5, 0.6) is 0 Å². The third-order valence-corrected chi connectivity index (χ3v) is 4.54. The Labute approximate surface area is 61.5 Å². The van der Waals surface area contributed by atoms with Crippen LogP contribution in [0.1, 0.15) is 6.42 Å². The van der Waals surface area contributed by atoms with Gasteiger partial charge in [0.25, 0.3) is 0 Å². The van der Waals surface area contributed by atoms with Gasteiger partial charge in [-0.25, -0.2) is 0 Å². The SMILES string of the molecule is C[As](C)(=S)CCC(=O)O. The minimum atomic E-state index is -1.81. The molecule has 0 saturated heterocycles. The average Bonchev–Trinajstić information content (AvgIpc) is 1.59. The monoisotopic (exact) mass is 210 g/mol. The summed E-state index contributed by atoms with van der Waals surface area (Å²) in [5.74, 6) is -0.727. The molecule has 0 unspecified atom stereocenters. The molecule has 0 spiro atoms. The van der Waals surface area contributed by atoms with E-state index >= 15 is 0 Å². The molecule has 9 heavy (non-hydrogen) atoms. The normalized spacial score (nSPS) is 11.3. The molecule has 0 saturated carbocycles. The fraction of sp³-hybridized carbons (Fsp3) is 0.800. The average molecular weight is 210 g/mol. The number of hydrogen-bond donors (Lipinski definition) is 1. The Balaban J connectivity index is 3.53. The summed E-state index contributed by atoms with van der Waals surface area (Å²) in [6.07, 6.45) is 0.253. The van der Waals surface area contributed by atoms with E-state index in [0.29, 0.717) is 0 Å². The molecule has 4 heteroatoms. The van der Waals surface area contributed by atoms with Gasteiger partial charge in [0, 0.05) is 0 Å². The molecule has 0 atom stereocenters. The van der Waals surface area contributed by atoms with Gasteiger partial charge in [0.15, 0.2) is 0 Å². The predicted octanol–water partition coefficient (Wildman–Crippen LogP) is 1.86. The van der Waals surface area contributed by atoms with Crippen molar-refractivity contribution in [3.63, 3.8) is 0 Å². The molecule has 0 aromatic carbocycles. The van der Waals surface area contributed by atoms with E-state index in [9.17, 15) is 4.79 Å². The minimum absolute atomic E-state index is 0.253. The zero-order valence-electron chi connectivity index (χ0n) is 5.63. The van der Waals surface area contributed by atoms with Crippen molar-refractivity contribution in [1.29, 1.82) is 0 Å². The molecule has 0 fully saturated rings. The summed E-state index contributed by atoms with van der Waals surface area (Å²) in [4.78, 5) is 10.0. The molecular weight excluding hydrogens is 199 g/mol. The molecule has 0 amide bonds. The van der Waals surface area contributed by atoms with Crippen LogP contribution in [-0.2, 0) is 4.79 Å². The van der Waals surface area contributed by atoms with Gasteiger partial charge in [-0.3, -0.25) is 0 Å². The number of carbonyl (C=O) groups is 1. The van der Waals surface area contributed by atoms with E-state index in [4.69, 9.17) is 15.5 Å².